The SMILES string of the molecule is CC(C)c1cc(CCCCN2CCN(c3ccccc3)CC2)n(-c2ccccc2)n1. The maximum atomic E-state index is 4.89. The fraction of sp³-hybridized carbons (Fsp3) is 0.423. The van der Waals surface area contributed by atoms with Gasteiger partial charge in [-0.3, -0.25) is 4.90 Å². The molecule has 2 heterocycles. The van der Waals surface area contributed by atoms with Gasteiger partial charge in [0.2, 0.25) is 0 Å². The van der Waals surface area contributed by atoms with Crippen molar-refractivity contribution in [2.45, 2.75) is 39.0 Å². The predicted molar refractivity (Wildman–Crippen MR) is 126 cm³/mol. The van der Waals surface area contributed by atoms with Crippen molar-refractivity contribution in [1.82, 2.24) is 14.7 Å². The molecule has 1 aliphatic heterocycles. The number of nitrogens with zero attached hydrogens (tertiary/aromatic N) is 4. The maximum Gasteiger partial charge on any atom is 0.0657 e. The number of benzene rings is 2. The van der Waals surface area contributed by atoms with E-state index in [1.807, 2.05) is 0 Å². The van der Waals surface area contributed by atoms with Crippen molar-refractivity contribution >= 4 is 5.69 Å². The third-order valence-corrected chi connectivity index (χ3v) is 6.05. The van der Waals surface area contributed by atoms with E-state index in [1.165, 1.54) is 36.5 Å². The van der Waals surface area contributed by atoms with Crippen LogP contribution in [0.4, 0.5) is 5.69 Å². The molecule has 0 amide bonds. The topological polar surface area (TPSA) is 24.3 Å². The monoisotopic (exact) mass is 402 g/mol. The summed E-state index contributed by atoms with van der Waals surface area (Å²) in [4.78, 5) is 5.12. The first-order chi connectivity index (χ1) is 14.7. The molecule has 0 unspecified atom stereocenters. The third-order valence-electron chi connectivity index (χ3n) is 6.05. The molecular formula is C26H34N4. The van der Waals surface area contributed by atoms with E-state index in [0.717, 1.165) is 38.3 Å². The van der Waals surface area contributed by atoms with Gasteiger partial charge in [0.25, 0.3) is 0 Å². The largest absolute Gasteiger partial charge is 0.369 e. The Morgan fingerprint density at radius 2 is 1.43 bits per heavy atom. The highest BCUT2D eigenvalue weighted by Gasteiger charge is 2.17. The van der Waals surface area contributed by atoms with Crippen LogP contribution in [-0.4, -0.2) is 47.4 Å². The molecule has 2 aromatic carbocycles. The molecule has 0 bridgehead atoms. The first-order valence-electron chi connectivity index (χ1n) is 11.4. The summed E-state index contributed by atoms with van der Waals surface area (Å²) in [5.74, 6) is 0.453. The fourth-order valence-corrected chi connectivity index (χ4v) is 4.20. The zero-order chi connectivity index (χ0) is 20.8. The molecule has 0 spiro atoms. The van der Waals surface area contributed by atoms with Gasteiger partial charge in [-0.1, -0.05) is 50.2 Å². The second kappa shape index (κ2) is 9.94. The average Bonchev–Trinajstić information content (AvgIpc) is 3.23. The van der Waals surface area contributed by atoms with Gasteiger partial charge in [0.15, 0.2) is 0 Å². The van der Waals surface area contributed by atoms with Crippen molar-refractivity contribution in [2.75, 3.05) is 37.6 Å². The molecule has 4 nitrogen and oxygen atoms in total. The number of aromatic nitrogens is 2. The van der Waals surface area contributed by atoms with Crippen molar-refractivity contribution in [1.29, 1.82) is 0 Å². The smallest absolute Gasteiger partial charge is 0.0657 e. The number of anilines is 1. The number of rotatable bonds is 8. The van der Waals surface area contributed by atoms with Gasteiger partial charge in [-0.25, -0.2) is 4.68 Å². The summed E-state index contributed by atoms with van der Waals surface area (Å²) in [7, 11) is 0. The van der Waals surface area contributed by atoms with Gasteiger partial charge in [0.05, 0.1) is 11.4 Å². The normalized spacial score (nSPS) is 15.1. The van der Waals surface area contributed by atoms with Crippen molar-refractivity contribution in [3.8, 4) is 5.69 Å². The van der Waals surface area contributed by atoms with Crippen LogP contribution in [0.25, 0.3) is 5.69 Å². The molecule has 3 aromatic rings. The Bertz CT molecular complexity index is 893. The Kier molecular flexibility index (Phi) is 6.85. The minimum atomic E-state index is 0.453. The number of para-hydroxylation sites is 2. The minimum absolute atomic E-state index is 0.453. The van der Waals surface area contributed by atoms with E-state index in [2.05, 4.69) is 95.1 Å². The molecule has 1 saturated heterocycles. The Balaban J connectivity index is 1.27. The second-order valence-electron chi connectivity index (χ2n) is 8.58. The molecule has 158 valence electrons. The van der Waals surface area contributed by atoms with Crippen molar-refractivity contribution in [3.05, 3.63) is 78.1 Å². The van der Waals surface area contributed by atoms with Gasteiger partial charge in [-0.2, -0.15) is 5.10 Å². The van der Waals surface area contributed by atoms with Crippen molar-refractivity contribution in [2.24, 2.45) is 0 Å². The van der Waals surface area contributed by atoms with Gasteiger partial charge in [-0.15, -0.1) is 0 Å². The van der Waals surface area contributed by atoms with Gasteiger partial charge in [0, 0.05) is 37.6 Å². The standard InChI is InChI=1S/C26H34N4/c1-22(2)26-21-25(30(27-26)24-13-7-4-8-14-24)15-9-10-16-28-17-19-29(20-18-28)23-11-5-3-6-12-23/h3-8,11-14,21-22H,9-10,15-20H2,1-2H3. The second-order valence-corrected chi connectivity index (χ2v) is 8.58. The highest BCUT2D eigenvalue weighted by Crippen LogP contribution is 2.20. The molecular weight excluding hydrogens is 368 g/mol. The van der Waals surface area contributed by atoms with Crippen LogP contribution in [0, 0.1) is 0 Å². The molecule has 0 aliphatic carbocycles. The van der Waals surface area contributed by atoms with Crippen LogP contribution in [0.2, 0.25) is 0 Å². The molecule has 1 aliphatic rings. The van der Waals surface area contributed by atoms with Crippen LogP contribution in [0.1, 0.15) is 44.0 Å². The first kappa shape index (κ1) is 20.7. The molecule has 0 saturated carbocycles. The van der Waals surface area contributed by atoms with E-state index in [1.54, 1.807) is 0 Å². The average molecular weight is 403 g/mol. The van der Waals surface area contributed by atoms with E-state index in [9.17, 15) is 0 Å². The van der Waals surface area contributed by atoms with Gasteiger partial charge >= 0.3 is 0 Å². The molecule has 4 rings (SSSR count). The van der Waals surface area contributed by atoms with Crippen LogP contribution >= 0.6 is 0 Å². The molecule has 30 heavy (non-hydrogen) atoms. The predicted octanol–water partition coefficient (Wildman–Crippen LogP) is 5.14. The van der Waals surface area contributed by atoms with E-state index in [4.69, 9.17) is 5.10 Å². The van der Waals surface area contributed by atoms with Crippen LogP contribution < -0.4 is 4.90 Å². The number of hydrogen-bond donors (Lipinski definition) is 0. The highest BCUT2D eigenvalue weighted by molar-refractivity contribution is 5.46. The molecule has 4 heteroatoms. The van der Waals surface area contributed by atoms with Crippen molar-refractivity contribution in [3.63, 3.8) is 0 Å². The Hall–Kier alpha value is -2.59. The summed E-state index contributed by atoms with van der Waals surface area (Å²) in [5, 5.41) is 4.89. The third kappa shape index (κ3) is 5.11. The summed E-state index contributed by atoms with van der Waals surface area (Å²) in [6.45, 7) is 10.2. The molecule has 1 aromatic heterocycles. The molecule has 1 fully saturated rings. The summed E-state index contributed by atoms with van der Waals surface area (Å²) < 4.78 is 2.15. The quantitative estimate of drug-likeness (QED) is 0.488. The van der Waals surface area contributed by atoms with Gasteiger partial charge in [-0.05, 0) is 62.1 Å². The van der Waals surface area contributed by atoms with Crippen LogP contribution in [-0.2, 0) is 6.42 Å². The lowest BCUT2D eigenvalue weighted by atomic mass is 10.1. The number of unbranched alkanes of at least 4 members (excludes halogenated alkanes) is 1. The Morgan fingerprint density at radius 1 is 0.800 bits per heavy atom. The van der Waals surface area contributed by atoms with Crippen LogP contribution in [0.5, 0.6) is 0 Å². The lowest BCUT2D eigenvalue weighted by molar-refractivity contribution is 0.253. The van der Waals surface area contributed by atoms with E-state index >= 15 is 0 Å². The van der Waals surface area contributed by atoms with Gasteiger partial charge in [0.1, 0.15) is 0 Å². The summed E-state index contributed by atoms with van der Waals surface area (Å²) in [6.07, 6.45) is 3.52. The molecule has 0 atom stereocenters. The maximum absolute atomic E-state index is 4.89. The van der Waals surface area contributed by atoms with Gasteiger partial charge < -0.3 is 4.90 Å². The Morgan fingerprint density at radius 3 is 2.07 bits per heavy atom. The van der Waals surface area contributed by atoms with E-state index in [0.29, 0.717) is 5.92 Å². The minimum Gasteiger partial charge on any atom is -0.369 e. The zero-order valence-electron chi connectivity index (χ0n) is 18.4. The van der Waals surface area contributed by atoms with E-state index < -0.39 is 0 Å². The molecule has 0 N–H and O–H groups in total. The molecule has 0 radical (unpaired) electrons. The number of piperazine rings is 1. The summed E-state index contributed by atoms with van der Waals surface area (Å²) >= 11 is 0. The summed E-state index contributed by atoms with van der Waals surface area (Å²) in [6, 6.07) is 23.6. The van der Waals surface area contributed by atoms with Crippen LogP contribution in [0.15, 0.2) is 66.7 Å². The van der Waals surface area contributed by atoms with Crippen LogP contribution in [0.3, 0.4) is 0 Å². The fourth-order valence-electron chi connectivity index (χ4n) is 4.20. The highest BCUT2D eigenvalue weighted by atomic mass is 15.3. The Labute approximate surface area is 181 Å². The van der Waals surface area contributed by atoms with E-state index in [-0.39, 0.29) is 0 Å². The van der Waals surface area contributed by atoms with Crippen molar-refractivity contribution < 1.29 is 0 Å². The zero-order valence-corrected chi connectivity index (χ0v) is 18.4. The number of aryl methyl sites for hydroxylation is 1. The number of hydrogen-bond acceptors (Lipinski definition) is 3. The lowest BCUT2D eigenvalue weighted by Gasteiger charge is -2.36. The lowest BCUT2D eigenvalue weighted by Crippen LogP contribution is -2.46. The summed E-state index contributed by atoms with van der Waals surface area (Å²) in [5.41, 5.74) is 5.04. The first-order valence-corrected chi connectivity index (χ1v) is 11.4.